The number of methoxy groups -OCH3 is 1. The monoisotopic (exact) mass is 357 g/mol. The molecule has 0 fully saturated rings. The van der Waals surface area contributed by atoms with Gasteiger partial charge in [-0.15, -0.1) is 0 Å². The highest BCUT2D eigenvalue weighted by atomic mass is 16.5. The van der Waals surface area contributed by atoms with Crippen LogP contribution in [0, 0.1) is 0 Å². The molecule has 0 aromatic heterocycles. The van der Waals surface area contributed by atoms with Crippen molar-refractivity contribution in [3.63, 3.8) is 0 Å². The van der Waals surface area contributed by atoms with E-state index < -0.39 is 0 Å². The van der Waals surface area contributed by atoms with E-state index in [0.717, 1.165) is 17.7 Å². The molecule has 0 aliphatic carbocycles. The van der Waals surface area contributed by atoms with Crippen molar-refractivity contribution < 1.29 is 19.5 Å². The number of para-hydroxylation sites is 1. The smallest absolute Gasteiger partial charge is 0.136 e. The molecule has 0 unspecified atom stereocenters. The number of aliphatic imine (C=N–C) groups is 1. The fraction of sp³-hybridized carbons (Fsp3) is 0.381. The van der Waals surface area contributed by atoms with Gasteiger partial charge in [0.1, 0.15) is 23.3 Å². The normalized spacial score (nSPS) is 12.5. The molecular weight excluding hydrogens is 328 g/mol. The highest BCUT2D eigenvalue weighted by Gasteiger charge is 2.20. The van der Waals surface area contributed by atoms with Gasteiger partial charge in [0, 0.05) is 17.8 Å². The number of hydrogen-bond acceptors (Lipinski definition) is 4. The van der Waals surface area contributed by atoms with Gasteiger partial charge in [0.25, 0.3) is 0 Å². The second-order valence-electron chi connectivity index (χ2n) is 6.44. The van der Waals surface area contributed by atoms with Gasteiger partial charge in [-0.2, -0.15) is 0 Å². The summed E-state index contributed by atoms with van der Waals surface area (Å²) in [4.78, 5) is 5.83. The van der Waals surface area contributed by atoms with Crippen LogP contribution in [0.15, 0.2) is 47.5 Å². The number of benzene rings is 2. The Bertz CT molecular complexity index is 729. The fourth-order valence-corrected chi connectivity index (χ4v) is 2.75. The van der Waals surface area contributed by atoms with Crippen LogP contribution in [0.2, 0.25) is 0 Å². The molecule has 26 heavy (non-hydrogen) atoms. The molecule has 0 aliphatic heterocycles. The maximum Gasteiger partial charge on any atom is 0.136 e. The number of ether oxygens (including phenoxy) is 2. The van der Waals surface area contributed by atoms with Gasteiger partial charge in [-0.3, -0.25) is 4.99 Å². The second kappa shape index (κ2) is 9.82. The summed E-state index contributed by atoms with van der Waals surface area (Å²) < 4.78 is 11.0. The molecule has 0 amide bonds. The molecule has 0 heterocycles. The molecule has 1 atom stereocenters. The third-order valence-electron chi connectivity index (χ3n) is 4.20. The largest absolute Gasteiger partial charge is 0.507 e. The Labute approximate surface area is 155 Å². The summed E-state index contributed by atoms with van der Waals surface area (Å²) in [5, 5.41) is 10.2. The van der Waals surface area contributed by atoms with Crippen LogP contribution < -0.4 is 14.4 Å². The topological polar surface area (TPSA) is 55.5 Å². The first-order valence-electron chi connectivity index (χ1n) is 8.95. The summed E-state index contributed by atoms with van der Waals surface area (Å²) in [7, 11) is 5.89. The molecule has 0 saturated heterocycles. The lowest BCUT2D eigenvalue weighted by atomic mass is 10.0. The Balaban J connectivity index is 2.11. The summed E-state index contributed by atoms with van der Waals surface area (Å²) in [6.45, 7) is 3.28. The summed E-state index contributed by atoms with van der Waals surface area (Å²) in [6.07, 6.45) is 2.64. The van der Waals surface area contributed by atoms with E-state index in [-0.39, 0.29) is 11.8 Å². The average Bonchev–Trinajstić information content (AvgIpc) is 2.64. The number of likely N-dealkylation sites (N-methyl/N-ethyl adjacent to an activating group) is 1. The molecule has 2 N–H and O–H groups in total. The third-order valence-corrected chi connectivity index (χ3v) is 4.20. The summed E-state index contributed by atoms with van der Waals surface area (Å²) in [5.74, 6) is 1.72. The van der Waals surface area contributed by atoms with Crippen molar-refractivity contribution in [2.75, 3.05) is 34.4 Å². The van der Waals surface area contributed by atoms with Crippen molar-refractivity contribution in [1.82, 2.24) is 0 Å². The number of rotatable bonds is 9. The number of phenolic OH excluding ortho intramolecular Hbond substituents is 1. The lowest BCUT2D eigenvalue weighted by molar-refractivity contribution is -0.890. The maximum atomic E-state index is 10.2. The van der Waals surface area contributed by atoms with Crippen molar-refractivity contribution >= 4 is 6.21 Å². The predicted octanol–water partition coefficient (Wildman–Crippen LogP) is 2.49. The molecular formula is C21H29N2O3+. The molecule has 0 bridgehead atoms. The van der Waals surface area contributed by atoms with Gasteiger partial charge >= 0.3 is 0 Å². The van der Waals surface area contributed by atoms with Gasteiger partial charge in [-0.25, -0.2) is 0 Å². The first-order chi connectivity index (χ1) is 12.6. The van der Waals surface area contributed by atoms with Crippen LogP contribution in [0.4, 0.5) is 0 Å². The zero-order chi connectivity index (χ0) is 18.9. The molecule has 2 aromatic rings. The molecule has 140 valence electrons. The number of quaternary nitrogens is 1. The lowest BCUT2D eigenvalue weighted by Crippen LogP contribution is -3.06. The zero-order valence-corrected chi connectivity index (χ0v) is 16.0. The highest BCUT2D eigenvalue weighted by molar-refractivity contribution is 5.83. The molecule has 5 nitrogen and oxygen atoms in total. The number of aromatic hydroxyl groups is 1. The van der Waals surface area contributed by atoms with E-state index in [1.807, 2.05) is 37.3 Å². The first-order valence-corrected chi connectivity index (χ1v) is 8.95. The number of nitrogens with zero attached hydrogens (tertiary/aromatic N) is 1. The first kappa shape index (κ1) is 19.8. The molecule has 2 aromatic carbocycles. The summed E-state index contributed by atoms with van der Waals surface area (Å²) in [6, 6.07) is 13.5. The van der Waals surface area contributed by atoms with Crippen LogP contribution in [0.5, 0.6) is 17.2 Å². The van der Waals surface area contributed by atoms with Gasteiger partial charge < -0.3 is 19.5 Å². The SMILES string of the molecule is CCCOc1ccc(C=NC[C@@H](c2ccccc2OC)[NH+](C)C)c(O)c1. The van der Waals surface area contributed by atoms with E-state index >= 15 is 0 Å². The van der Waals surface area contributed by atoms with Crippen molar-refractivity contribution in [2.45, 2.75) is 19.4 Å². The Kier molecular flexibility index (Phi) is 7.48. The van der Waals surface area contributed by atoms with Crippen LogP contribution in [-0.2, 0) is 0 Å². The van der Waals surface area contributed by atoms with Gasteiger partial charge in [0.15, 0.2) is 0 Å². The number of phenols is 1. The average molecular weight is 357 g/mol. The van der Waals surface area contributed by atoms with Crippen LogP contribution in [0.25, 0.3) is 0 Å². The minimum atomic E-state index is 0.164. The van der Waals surface area contributed by atoms with E-state index in [9.17, 15) is 5.11 Å². The van der Waals surface area contributed by atoms with E-state index in [4.69, 9.17) is 9.47 Å². The second-order valence-corrected chi connectivity index (χ2v) is 6.44. The van der Waals surface area contributed by atoms with E-state index in [1.165, 1.54) is 4.90 Å². The van der Waals surface area contributed by atoms with E-state index in [2.05, 4.69) is 25.2 Å². The molecule has 0 aliphatic rings. The van der Waals surface area contributed by atoms with Crippen molar-refractivity contribution in [3.8, 4) is 17.2 Å². The van der Waals surface area contributed by atoms with Gasteiger partial charge in [0.2, 0.25) is 0 Å². The zero-order valence-electron chi connectivity index (χ0n) is 16.0. The Morgan fingerprint density at radius 2 is 1.96 bits per heavy atom. The van der Waals surface area contributed by atoms with Crippen LogP contribution in [0.3, 0.4) is 0 Å². The van der Waals surface area contributed by atoms with Crippen LogP contribution >= 0.6 is 0 Å². The lowest BCUT2D eigenvalue weighted by Gasteiger charge is -2.21. The predicted molar refractivity (Wildman–Crippen MR) is 105 cm³/mol. The van der Waals surface area contributed by atoms with Crippen molar-refractivity contribution in [3.05, 3.63) is 53.6 Å². The quantitative estimate of drug-likeness (QED) is 0.678. The number of nitrogens with one attached hydrogen (secondary N) is 1. The third kappa shape index (κ3) is 5.23. The molecule has 0 spiro atoms. The Hall–Kier alpha value is -2.53. The van der Waals surface area contributed by atoms with E-state index in [0.29, 0.717) is 24.5 Å². The summed E-state index contributed by atoms with van der Waals surface area (Å²) >= 11 is 0. The van der Waals surface area contributed by atoms with Gasteiger partial charge in [-0.05, 0) is 30.7 Å². The van der Waals surface area contributed by atoms with Crippen molar-refractivity contribution in [1.29, 1.82) is 0 Å². The van der Waals surface area contributed by atoms with Gasteiger partial charge in [0.05, 0.1) is 39.9 Å². The minimum absolute atomic E-state index is 0.164. The van der Waals surface area contributed by atoms with Crippen molar-refractivity contribution in [2.24, 2.45) is 4.99 Å². The molecule has 0 radical (unpaired) electrons. The standard InChI is InChI=1S/C21H28N2O3/c1-5-12-26-17-11-10-16(20(24)13-17)14-22-15-19(23(2)3)18-8-6-7-9-21(18)25-4/h6-11,13-14,19,24H,5,12,15H2,1-4H3/p+1/t19-/m0/s1. The Morgan fingerprint density at radius 1 is 1.19 bits per heavy atom. The summed E-state index contributed by atoms with van der Waals surface area (Å²) in [5.41, 5.74) is 1.81. The van der Waals surface area contributed by atoms with Gasteiger partial charge in [-0.1, -0.05) is 19.1 Å². The molecule has 2 rings (SSSR count). The highest BCUT2D eigenvalue weighted by Crippen LogP contribution is 2.24. The molecule has 0 saturated carbocycles. The number of hydrogen-bond donors (Lipinski definition) is 2. The van der Waals surface area contributed by atoms with Crippen LogP contribution in [0.1, 0.15) is 30.5 Å². The van der Waals surface area contributed by atoms with Crippen LogP contribution in [-0.4, -0.2) is 45.7 Å². The molecule has 5 heteroatoms. The minimum Gasteiger partial charge on any atom is -0.507 e. The Morgan fingerprint density at radius 3 is 2.62 bits per heavy atom. The van der Waals surface area contributed by atoms with E-state index in [1.54, 1.807) is 19.4 Å². The maximum absolute atomic E-state index is 10.2. The fourth-order valence-electron chi connectivity index (χ4n) is 2.75.